The SMILES string of the molecule is COc1cc(-c2cc(C(=O)Nc3ccccc3Sc3ccccc3)c3ccccc3n2)cc(OC)c1OC. The molecule has 0 unspecified atom stereocenters. The Balaban J connectivity index is 1.56. The van der Waals surface area contributed by atoms with Crippen LogP contribution in [-0.4, -0.2) is 32.2 Å². The van der Waals surface area contributed by atoms with Gasteiger partial charge in [-0.15, -0.1) is 0 Å². The predicted molar refractivity (Wildman–Crippen MR) is 152 cm³/mol. The fourth-order valence-corrected chi connectivity index (χ4v) is 5.13. The molecule has 0 bridgehead atoms. The molecule has 1 amide bonds. The molecular formula is C31H26N2O4S. The van der Waals surface area contributed by atoms with Gasteiger partial charge in [0.15, 0.2) is 11.5 Å². The number of carbonyl (C=O) groups excluding carboxylic acids is 1. The Morgan fingerprint density at radius 2 is 1.42 bits per heavy atom. The minimum Gasteiger partial charge on any atom is -0.493 e. The third-order valence-corrected chi connectivity index (χ3v) is 7.11. The van der Waals surface area contributed by atoms with E-state index in [9.17, 15) is 4.79 Å². The van der Waals surface area contributed by atoms with Crippen molar-refractivity contribution in [1.82, 2.24) is 4.98 Å². The van der Waals surface area contributed by atoms with Crippen LogP contribution < -0.4 is 19.5 Å². The lowest BCUT2D eigenvalue weighted by Crippen LogP contribution is -2.13. The maximum atomic E-state index is 13.7. The molecule has 1 heterocycles. The van der Waals surface area contributed by atoms with Crippen LogP contribution in [0.1, 0.15) is 10.4 Å². The summed E-state index contributed by atoms with van der Waals surface area (Å²) in [4.78, 5) is 20.6. The van der Waals surface area contributed by atoms with Gasteiger partial charge in [-0.1, -0.05) is 60.3 Å². The molecular weight excluding hydrogens is 496 g/mol. The van der Waals surface area contributed by atoms with Crippen LogP contribution in [-0.2, 0) is 0 Å². The Bertz CT molecular complexity index is 1580. The van der Waals surface area contributed by atoms with E-state index in [1.807, 2.05) is 91.0 Å². The standard InChI is InChI=1S/C31H26N2O4S/c1-35-27-17-20(18-28(36-2)30(27)37-3)26-19-23(22-13-7-8-14-24(22)32-26)31(34)33-25-15-9-10-16-29(25)38-21-11-5-4-6-12-21/h4-19H,1-3H3,(H,33,34). The van der Waals surface area contributed by atoms with E-state index >= 15 is 0 Å². The van der Waals surface area contributed by atoms with Gasteiger partial charge in [0.25, 0.3) is 5.91 Å². The Morgan fingerprint density at radius 1 is 0.763 bits per heavy atom. The summed E-state index contributed by atoms with van der Waals surface area (Å²) < 4.78 is 16.5. The molecule has 0 radical (unpaired) electrons. The van der Waals surface area contributed by atoms with Crippen LogP contribution >= 0.6 is 11.8 Å². The number of rotatable bonds is 8. The van der Waals surface area contributed by atoms with E-state index in [2.05, 4.69) is 5.32 Å². The van der Waals surface area contributed by atoms with Crippen LogP contribution in [0.15, 0.2) is 107 Å². The second kappa shape index (κ2) is 11.3. The quantitative estimate of drug-likeness (QED) is 0.230. The number of aromatic nitrogens is 1. The van der Waals surface area contributed by atoms with E-state index < -0.39 is 0 Å². The summed E-state index contributed by atoms with van der Waals surface area (Å²) in [7, 11) is 4.70. The third kappa shape index (κ3) is 5.14. The highest BCUT2D eigenvalue weighted by atomic mass is 32.2. The van der Waals surface area contributed by atoms with Crippen molar-refractivity contribution in [3.63, 3.8) is 0 Å². The van der Waals surface area contributed by atoms with Crippen LogP contribution in [0.25, 0.3) is 22.2 Å². The van der Waals surface area contributed by atoms with E-state index in [-0.39, 0.29) is 5.91 Å². The number of methoxy groups -OCH3 is 3. The summed E-state index contributed by atoms with van der Waals surface area (Å²) in [5.74, 6) is 1.28. The number of para-hydroxylation sites is 2. The molecule has 0 aliphatic carbocycles. The topological polar surface area (TPSA) is 69.7 Å². The van der Waals surface area contributed by atoms with Crippen LogP contribution in [0.4, 0.5) is 5.69 Å². The minimum atomic E-state index is -0.224. The molecule has 0 spiro atoms. The first-order valence-corrected chi connectivity index (χ1v) is 12.8. The first-order valence-electron chi connectivity index (χ1n) is 11.9. The third-order valence-electron chi connectivity index (χ3n) is 6.03. The van der Waals surface area contributed by atoms with Crippen molar-refractivity contribution in [2.75, 3.05) is 26.6 Å². The molecule has 0 fully saturated rings. The lowest BCUT2D eigenvalue weighted by molar-refractivity contribution is 0.102. The van der Waals surface area contributed by atoms with E-state index in [0.717, 1.165) is 26.4 Å². The molecule has 1 aromatic heterocycles. The number of ether oxygens (including phenoxy) is 3. The van der Waals surface area contributed by atoms with Crippen molar-refractivity contribution >= 4 is 34.3 Å². The number of carbonyl (C=O) groups is 1. The zero-order chi connectivity index (χ0) is 26.5. The number of hydrogen-bond acceptors (Lipinski definition) is 6. The van der Waals surface area contributed by atoms with Gasteiger partial charge in [-0.05, 0) is 48.5 Å². The molecule has 7 heteroatoms. The second-order valence-corrected chi connectivity index (χ2v) is 9.47. The summed E-state index contributed by atoms with van der Waals surface area (Å²) in [5.41, 5.74) is 3.30. The normalized spacial score (nSPS) is 10.7. The summed E-state index contributed by atoms with van der Waals surface area (Å²) in [5, 5.41) is 3.88. The molecule has 5 aromatic rings. The van der Waals surface area contributed by atoms with Gasteiger partial charge in [-0.2, -0.15) is 0 Å². The Kier molecular flexibility index (Phi) is 7.47. The van der Waals surface area contributed by atoms with Crippen molar-refractivity contribution in [1.29, 1.82) is 0 Å². The number of hydrogen-bond donors (Lipinski definition) is 1. The number of fused-ring (bicyclic) bond motifs is 1. The molecule has 190 valence electrons. The maximum Gasteiger partial charge on any atom is 0.256 e. The zero-order valence-corrected chi connectivity index (χ0v) is 22.0. The molecule has 0 aliphatic rings. The lowest BCUT2D eigenvalue weighted by atomic mass is 10.0. The van der Waals surface area contributed by atoms with Crippen LogP contribution in [0.3, 0.4) is 0 Å². The van der Waals surface area contributed by atoms with Crippen molar-refractivity contribution in [2.24, 2.45) is 0 Å². The van der Waals surface area contributed by atoms with Gasteiger partial charge in [-0.3, -0.25) is 4.79 Å². The summed E-state index contributed by atoms with van der Waals surface area (Å²) in [6.45, 7) is 0. The highest BCUT2D eigenvalue weighted by molar-refractivity contribution is 7.99. The number of anilines is 1. The van der Waals surface area contributed by atoms with Crippen molar-refractivity contribution < 1.29 is 19.0 Å². The number of nitrogens with zero attached hydrogens (tertiary/aromatic N) is 1. The minimum absolute atomic E-state index is 0.224. The van der Waals surface area contributed by atoms with Gasteiger partial charge >= 0.3 is 0 Å². The summed E-state index contributed by atoms with van der Waals surface area (Å²) in [6, 6.07) is 30.9. The number of benzene rings is 4. The highest BCUT2D eigenvalue weighted by Gasteiger charge is 2.19. The Morgan fingerprint density at radius 3 is 2.13 bits per heavy atom. The first-order chi connectivity index (χ1) is 18.6. The van der Waals surface area contributed by atoms with E-state index in [1.54, 1.807) is 39.2 Å². The Labute approximate surface area is 225 Å². The molecule has 0 aliphatic heterocycles. The molecule has 4 aromatic carbocycles. The van der Waals surface area contributed by atoms with Gasteiger partial charge in [-0.25, -0.2) is 4.98 Å². The average Bonchev–Trinajstić information content (AvgIpc) is 2.97. The van der Waals surface area contributed by atoms with Gasteiger partial charge in [0.1, 0.15) is 0 Å². The molecule has 0 atom stereocenters. The molecule has 38 heavy (non-hydrogen) atoms. The fourth-order valence-electron chi connectivity index (χ4n) is 4.20. The largest absolute Gasteiger partial charge is 0.493 e. The predicted octanol–water partition coefficient (Wildman–Crippen LogP) is 7.33. The van der Waals surface area contributed by atoms with Crippen molar-refractivity contribution in [2.45, 2.75) is 9.79 Å². The van der Waals surface area contributed by atoms with Gasteiger partial charge in [0, 0.05) is 20.7 Å². The number of pyridine rings is 1. The second-order valence-electron chi connectivity index (χ2n) is 8.35. The van der Waals surface area contributed by atoms with E-state index in [0.29, 0.717) is 34.0 Å². The summed E-state index contributed by atoms with van der Waals surface area (Å²) in [6.07, 6.45) is 0. The van der Waals surface area contributed by atoms with Crippen LogP contribution in [0.2, 0.25) is 0 Å². The molecule has 6 nitrogen and oxygen atoms in total. The van der Waals surface area contributed by atoms with E-state index in [1.165, 1.54) is 0 Å². The van der Waals surface area contributed by atoms with Crippen molar-refractivity contribution in [3.8, 4) is 28.5 Å². The lowest BCUT2D eigenvalue weighted by Gasteiger charge is -2.15. The molecule has 1 N–H and O–H groups in total. The number of nitrogens with one attached hydrogen (secondary N) is 1. The molecule has 5 rings (SSSR count). The van der Waals surface area contributed by atoms with E-state index in [4.69, 9.17) is 19.2 Å². The maximum absolute atomic E-state index is 13.7. The smallest absolute Gasteiger partial charge is 0.256 e. The summed E-state index contributed by atoms with van der Waals surface area (Å²) >= 11 is 1.60. The van der Waals surface area contributed by atoms with Crippen LogP contribution in [0.5, 0.6) is 17.2 Å². The average molecular weight is 523 g/mol. The van der Waals surface area contributed by atoms with Crippen LogP contribution in [0, 0.1) is 0 Å². The highest BCUT2D eigenvalue weighted by Crippen LogP contribution is 2.41. The molecule has 0 saturated carbocycles. The molecule has 0 saturated heterocycles. The zero-order valence-electron chi connectivity index (χ0n) is 21.2. The van der Waals surface area contributed by atoms with Gasteiger partial charge in [0.2, 0.25) is 5.75 Å². The van der Waals surface area contributed by atoms with Gasteiger partial charge in [0.05, 0.1) is 43.8 Å². The Hall–Kier alpha value is -4.49. The first kappa shape index (κ1) is 25.2. The monoisotopic (exact) mass is 522 g/mol. The van der Waals surface area contributed by atoms with Gasteiger partial charge < -0.3 is 19.5 Å². The number of amides is 1. The fraction of sp³-hybridized carbons (Fsp3) is 0.0968. The van der Waals surface area contributed by atoms with Crippen molar-refractivity contribution in [3.05, 3.63) is 103 Å².